The topological polar surface area (TPSA) is 55.6 Å². The molecule has 15 heavy (non-hydrogen) atoms. The van der Waals surface area contributed by atoms with Crippen LogP contribution in [0.15, 0.2) is 24.7 Å². The molecule has 0 saturated heterocycles. The summed E-state index contributed by atoms with van der Waals surface area (Å²) in [5.41, 5.74) is 1.90. The normalized spacial score (nSPS) is 10.3. The average Bonchev–Trinajstić information content (AvgIpc) is 2.61. The minimum absolute atomic E-state index is 0.594. The highest BCUT2D eigenvalue weighted by atomic mass is 15.3. The lowest BCUT2D eigenvalue weighted by Crippen LogP contribution is -1.95. The molecule has 2 aromatic rings. The van der Waals surface area contributed by atoms with Gasteiger partial charge < -0.3 is 5.32 Å². The van der Waals surface area contributed by atoms with E-state index in [4.69, 9.17) is 0 Å². The highest BCUT2D eigenvalue weighted by Crippen LogP contribution is 2.15. The zero-order valence-electron chi connectivity index (χ0n) is 8.81. The van der Waals surface area contributed by atoms with Gasteiger partial charge >= 0.3 is 0 Å². The van der Waals surface area contributed by atoms with Gasteiger partial charge in [-0.15, -0.1) is 0 Å². The summed E-state index contributed by atoms with van der Waals surface area (Å²) in [4.78, 5) is 8.18. The molecule has 0 amide bonds. The van der Waals surface area contributed by atoms with Gasteiger partial charge in [0.25, 0.3) is 0 Å². The number of aromatic nitrogens is 4. The first kappa shape index (κ1) is 9.64. The predicted octanol–water partition coefficient (Wildman–Crippen LogP) is 1.75. The molecule has 0 fully saturated rings. The summed E-state index contributed by atoms with van der Waals surface area (Å²) >= 11 is 0. The Morgan fingerprint density at radius 1 is 1.33 bits per heavy atom. The number of nitrogens with zero attached hydrogens (tertiary/aromatic N) is 4. The molecule has 0 spiro atoms. The molecule has 0 bridgehead atoms. The SMILES string of the molecule is CCn1cc(Nc2ncccn2)c(C)n1. The Morgan fingerprint density at radius 2 is 2.07 bits per heavy atom. The number of aryl methyl sites for hydroxylation is 2. The molecule has 0 radical (unpaired) electrons. The van der Waals surface area contributed by atoms with Crippen molar-refractivity contribution in [2.24, 2.45) is 0 Å². The molecule has 0 aliphatic heterocycles. The van der Waals surface area contributed by atoms with Gasteiger partial charge in [0.05, 0.1) is 11.4 Å². The Labute approximate surface area is 88.2 Å². The fourth-order valence-electron chi connectivity index (χ4n) is 1.29. The van der Waals surface area contributed by atoms with Gasteiger partial charge in [-0.25, -0.2) is 9.97 Å². The van der Waals surface area contributed by atoms with E-state index in [0.717, 1.165) is 17.9 Å². The molecule has 0 unspecified atom stereocenters. The molecule has 0 atom stereocenters. The van der Waals surface area contributed by atoms with Gasteiger partial charge in [-0.05, 0) is 19.9 Å². The molecule has 2 aromatic heterocycles. The number of nitrogens with one attached hydrogen (secondary N) is 1. The summed E-state index contributed by atoms with van der Waals surface area (Å²) in [6, 6.07) is 1.79. The van der Waals surface area contributed by atoms with E-state index in [-0.39, 0.29) is 0 Å². The van der Waals surface area contributed by atoms with Gasteiger partial charge in [-0.3, -0.25) is 4.68 Å². The predicted molar refractivity (Wildman–Crippen MR) is 58.0 cm³/mol. The van der Waals surface area contributed by atoms with E-state index >= 15 is 0 Å². The lowest BCUT2D eigenvalue weighted by atomic mass is 10.4. The van der Waals surface area contributed by atoms with Gasteiger partial charge in [0.2, 0.25) is 5.95 Å². The number of hydrogen-bond donors (Lipinski definition) is 1. The summed E-state index contributed by atoms with van der Waals surface area (Å²) in [5.74, 6) is 0.594. The van der Waals surface area contributed by atoms with Crippen LogP contribution >= 0.6 is 0 Å². The van der Waals surface area contributed by atoms with Crippen molar-refractivity contribution in [2.75, 3.05) is 5.32 Å². The van der Waals surface area contributed by atoms with Crippen LogP contribution in [0.4, 0.5) is 11.6 Å². The first-order valence-corrected chi connectivity index (χ1v) is 4.87. The van der Waals surface area contributed by atoms with Crippen molar-refractivity contribution in [1.29, 1.82) is 0 Å². The fourth-order valence-corrected chi connectivity index (χ4v) is 1.29. The van der Waals surface area contributed by atoms with Crippen LogP contribution in [-0.2, 0) is 6.54 Å². The quantitative estimate of drug-likeness (QED) is 0.825. The van der Waals surface area contributed by atoms with E-state index in [1.54, 1.807) is 18.5 Å². The summed E-state index contributed by atoms with van der Waals surface area (Å²) < 4.78 is 1.88. The van der Waals surface area contributed by atoms with Crippen molar-refractivity contribution in [3.8, 4) is 0 Å². The second kappa shape index (κ2) is 4.08. The largest absolute Gasteiger partial charge is 0.321 e. The molecule has 0 saturated carbocycles. The zero-order valence-corrected chi connectivity index (χ0v) is 8.81. The summed E-state index contributed by atoms with van der Waals surface area (Å²) in [6.07, 6.45) is 5.36. The van der Waals surface area contributed by atoms with Gasteiger partial charge in [0.1, 0.15) is 0 Å². The summed E-state index contributed by atoms with van der Waals surface area (Å²) in [6.45, 7) is 4.87. The summed E-state index contributed by atoms with van der Waals surface area (Å²) in [7, 11) is 0. The van der Waals surface area contributed by atoms with Crippen LogP contribution in [0.1, 0.15) is 12.6 Å². The first-order valence-electron chi connectivity index (χ1n) is 4.87. The third-order valence-electron chi connectivity index (χ3n) is 2.08. The van der Waals surface area contributed by atoms with Gasteiger partial charge in [0, 0.05) is 25.1 Å². The third kappa shape index (κ3) is 2.12. The number of hydrogen-bond acceptors (Lipinski definition) is 4. The molecule has 78 valence electrons. The van der Waals surface area contributed by atoms with E-state index in [1.165, 1.54) is 0 Å². The molecule has 0 aliphatic rings. The lowest BCUT2D eigenvalue weighted by molar-refractivity contribution is 0.653. The van der Waals surface area contributed by atoms with Crippen LogP contribution in [-0.4, -0.2) is 19.7 Å². The molecule has 2 rings (SSSR count). The Hall–Kier alpha value is -1.91. The zero-order chi connectivity index (χ0) is 10.7. The first-order chi connectivity index (χ1) is 7.29. The van der Waals surface area contributed by atoms with Gasteiger partial charge in [-0.2, -0.15) is 5.10 Å². The molecule has 0 aliphatic carbocycles. The third-order valence-corrected chi connectivity index (χ3v) is 2.08. The Bertz CT molecular complexity index is 434. The molecule has 5 nitrogen and oxygen atoms in total. The van der Waals surface area contributed by atoms with Gasteiger partial charge in [-0.1, -0.05) is 0 Å². The van der Waals surface area contributed by atoms with E-state index in [2.05, 4.69) is 27.3 Å². The van der Waals surface area contributed by atoms with Crippen LogP contribution in [0.2, 0.25) is 0 Å². The Morgan fingerprint density at radius 3 is 2.67 bits per heavy atom. The maximum atomic E-state index is 4.32. The molecule has 2 heterocycles. The van der Waals surface area contributed by atoms with E-state index < -0.39 is 0 Å². The average molecular weight is 203 g/mol. The highest BCUT2D eigenvalue weighted by Gasteiger charge is 2.04. The Balaban J connectivity index is 2.21. The van der Waals surface area contributed by atoms with Crippen LogP contribution in [0.5, 0.6) is 0 Å². The number of rotatable bonds is 3. The standard InChI is InChI=1S/C10H13N5/c1-3-15-7-9(8(2)14-15)13-10-11-5-4-6-12-10/h4-7H,3H2,1-2H3,(H,11,12,13). The van der Waals surface area contributed by atoms with E-state index in [0.29, 0.717) is 5.95 Å². The van der Waals surface area contributed by atoms with E-state index in [1.807, 2.05) is 17.8 Å². The Kier molecular flexibility index (Phi) is 2.62. The summed E-state index contributed by atoms with van der Waals surface area (Å²) in [5, 5.41) is 7.45. The highest BCUT2D eigenvalue weighted by molar-refractivity contribution is 5.54. The minimum atomic E-state index is 0.594. The van der Waals surface area contributed by atoms with Crippen LogP contribution in [0.25, 0.3) is 0 Å². The van der Waals surface area contributed by atoms with Crippen molar-refractivity contribution in [3.63, 3.8) is 0 Å². The maximum Gasteiger partial charge on any atom is 0.227 e. The van der Waals surface area contributed by atoms with E-state index in [9.17, 15) is 0 Å². The van der Waals surface area contributed by atoms with Crippen molar-refractivity contribution in [3.05, 3.63) is 30.4 Å². The molecular formula is C10H13N5. The molecular weight excluding hydrogens is 190 g/mol. The minimum Gasteiger partial charge on any atom is -0.321 e. The number of anilines is 2. The van der Waals surface area contributed by atoms with Crippen LogP contribution in [0.3, 0.4) is 0 Å². The lowest BCUT2D eigenvalue weighted by Gasteiger charge is -2.00. The molecule has 0 aromatic carbocycles. The fraction of sp³-hybridized carbons (Fsp3) is 0.300. The second-order valence-corrected chi connectivity index (χ2v) is 3.18. The van der Waals surface area contributed by atoms with Crippen molar-refractivity contribution in [2.45, 2.75) is 20.4 Å². The molecule has 1 N–H and O–H groups in total. The smallest absolute Gasteiger partial charge is 0.227 e. The maximum absolute atomic E-state index is 4.32. The van der Waals surface area contributed by atoms with Crippen molar-refractivity contribution >= 4 is 11.6 Å². The van der Waals surface area contributed by atoms with Crippen molar-refractivity contribution in [1.82, 2.24) is 19.7 Å². The monoisotopic (exact) mass is 203 g/mol. The molecule has 5 heteroatoms. The van der Waals surface area contributed by atoms with Crippen molar-refractivity contribution < 1.29 is 0 Å². The van der Waals surface area contributed by atoms with Crippen LogP contribution in [0, 0.1) is 6.92 Å². The van der Waals surface area contributed by atoms with Gasteiger partial charge in [0.15, 0.2) is 0 Å². The van der Waals surface area contributed by atoms with Crippen LogP contribution < -0.4 is 5.32 Å². The second-order valence-electron chi connectivity index (χ2n) is 3.18.